The number of ether oxygens (including phenoxy) is 1. The number of anilines is 1. The van der Waals surface area contributed by atoms with Gasteiger partial charge in [-0.05, 0) is 20.3 Å². The van der Waals surface area contributed by atoms with Crippen molar-refractivity contribution in [2.75, 3.05) is 25.6 Å². The number of amides is 1. The van der Waals surface area contributed by atoms with Crippen LogP contribution in [0, 0.1) is 6.92 Å². The van der Waals surface area contributed by atoms with Crippen LogP contribution in [0.1, 0.15) is 19.0 Å². The fourth-order valence-electron chi connectivity index (χ4n) is 1.50. The molecule has 1 heterocycles. The molecule has 0 fully saturated rings. The Hall–Kier alpha value is -1.56. The molecular formula is C12H22N4O2. The molecule has 1 atom stereocenters. The first kappa shape index (κ1) is 14.5. The quantitative estimate of drug-likeness (QED) is 0.702. The molecule has 0 bridgehead atoms. The molecule has 102 valence electrons. The van der Waals surface area contributed by atoms with E-state index in [-0.39, 0.29) is 11.9 Å². The lowest BCUT2D eigenvalue weighted by Crippen LogP contribution is -2.38. The molecule has 1 rings (SSSR count). The van der Waals surface area contributed by atoms with Crippen molar-refractivity contribution in [1.82, 2.24) is 15.1 Å². The predicted octanol–water partition coefficient (Wildman–Crippen LogP) is 0.682. The lowest BCUT2D eigenvalue weighted by molar-refractivity contribution is -0.121. The topological polar surface area (TPSA) is 68.2 Å². The zero-order valence-corrected chi connectivity index (χ0v) is 11.5. The van der Waals surface area contributed by atoms with Gasteiger partial charge in [-0.25, -0.2) is 0 Å². The van der Waals surface area contributed by atoms with E-state index < -0.39 is 0 Å². The van der Waals surface area contributed by atoms with Crippen LogP contribution in [-0.4, -0.2) is 42.0 Å². The molecule has 1 amide bonds. The monoisotopic (exact) mass is 254 g/mol. The third kappa shape index (κ3) is 4.37. The molecule has 1 aromatic rings. The number of rotatable bonds is 7. The van der Waals surface area contributed by atoms with Gasteiger partial charge in [0.15, 0.2) is 0 Å². The molecule has 2 N–H and O–H groups in total. The van der Waals surface area contributed by atoms with Crippen LogP contribution in [0.2, 0.25) is 0 Å². The SMILES string of the molecule is COCCCNC(=O)C(C)Nc1cc(C)n(C)n1. The minimum Gasteiger partial charge on any atom is -0.385 e. The number of aromatic nitrogens is 2. The van der Waals surface area contributed by atoms with E-state index in [1.165, 1.54) is 0 Å². The van der Waals surface area contributed by atoms with E-state index >= 15 is 0 Å². The van der Waals surface area contributed by atoms with Gasteiger partial charge in [0.2, 0.25) is 5.91 Å². The Morgan fingerprint density at radius 1 is 1.61 bits per heavy atom. The Kier molecular flexibility index (Phi) is 5.64. The fraction of sp³-hybridized carbons (Fsp3) is 0.667. The molecule has 18 heavy (non-hydrogen) atoms. The van der Waals surface area contributed by atoms with Gasteiger partial charge >= 0.3 is 0 Å². The minimum atomic E-state index is -0.304. The smallest absolute Gasteiger partial charge is 0.242 e. The van der Waals surface area contributed by atoms with Crippen LogP contribution in [0.15, 0.2) is 6.07 Å². The number of carbonyl (C=O) groups excluding carboxylic acids is 1. The molecule has 0 radical (unpaired) electrons. The van der Waals surface area contributed by atoms with Crippen molar-refractivity contribution in [2.45, 2.75) is 26.3 Å². The summed E-state index contributed by atoms with van der Waals surface area (Å²) in [6.07, 6.45) is 0.817. The molecule has 1 aromatic heterocycles. The summed E-state index contributed by atoms with van der Waals surface area (Å²) in [6, 6.07) is 1.61. The molecule has 0 aliphatic rings. The van der Waals surface area contributed by atoms with Gasteiger partial charge in [-0.1, -0.05) is 0 Å². The number of hydrogen-bond acceptors (Lipinski definition) is 4. The summed E-state index contributed by atoms with van der Waals surface area (Å²) >= 11 is 0. The Labute approximate surface area is 108 Å². The Balaban J connectivity index is 2.35. The summed E-state index contributed by atoms with van der Waals surface area (Å²) in [5.41, 5.74) is 1.05. The molecule has 0 saturated carbocycles. The van der Waals surface area contributed by atoms with E-state index in [9.17, 15) is 4.79 Å². The molecule has 0 spiro atoms. The van der Waals surface area contributed by atoms with Crippen molar-refractivity contribution >= 4 is 11.7 Å². The molecule has 0 aliphatic heterocycles. The lowest BCUT2D eigenvalue weighted by Gasteiger charge is -2.13. The van der Waals surface area contributed by atoms with E-state index in [0.29, 0.717) is 13.2 Å². The second-order valence-electron chi connectivity index (χ2n) is 4.30. The highest BCUT2D eigenvalue weighted by molar-refractivity contribution is 5.83. The van der Waals surface area contributed by atoms with E-state index in [1.807, 2.05) is 27.0 Å². The highest BCUT2D eigenvalue weighted by atomic mass is 16.5. The van der Waals surface area contributed by atoms with Crippen molar-refractivity contribution < 1.29 is 9.53 Å². The van der Waals surface area contributed by atoms with E-state index in [0.717, 1.165) is 17.9 Å². The average Bonchev–Trinajstić information content (AvgIpc) is 2.63. The van der Waals surface area contributed by atoms with Gasteiger partial charge in [0.25, 0.3) is 0 Å². The van der Waals surface area contributed by atoms with E-state index in [1.54, 1.807) is 11.8 Å². The van der Waals surface area contributed by atoms with E-state index in [4.69, 9.17) is 4.74 Å². The van der Waals surface area contributed by atoms with Gasteiger partial charge in [0.05, 0.1) is 0 Å². The van der Waals surface area contributed by atoms with Crippen LogP contribution in [0.25, 0.3) is 0 Å². The molecule has 1 unspecified atom stereocenters. The number of aryl methyl sites for hydroxylation is 2. The standard InChI is InChI=1S/C12H22N4O2/c1-9-8-11(15-16(9)3)14-10(2)12(17)13-6-5-7-18-4/h8,10H,5-7H2,1-4H3,(H,13,17)(H,14,15). The maximum Gasteiger partial charge on any atom is 0.242 e. The number of nitrogens with zero attached hydrogens (tertiary/aromatic N) is 2. The third-order valence-corrected chi connectivity index (χ3v) is 2.70. The maximum atomic E-state index is 11.8. The summed E-state index contributed by atoms with van der Waals surface area (Å²) < 4.78 is 6.69. The van der Waals surface area contributed by atoms with Gasteiger partial charge in [0, 0.05) is 39.1 Å². The van der Waals surface area contributed by atoms with Crippen LogP contribution in [-0.2, 0) is 16.6 Å². The number of carbonyl (C=O) groups is 1. The maximum absolute atomic E-state index is 11.8. The summed E-state index contributed by atoms with van der Waals surface area (Å²) in [6.45, 7) is 5.06. The first-order valence-corrected chi connectivity index (χ1v) is 6.08. The van der Waals surface area contributed by atoms with Gasteiger partial charge < -0.3 is 15.4 Å². The highest BCUT2D eigenvalue weighted by Gasteiger charge is 2.13. The number of nitrogens with one attached hydrogen (secondary N) is 2. The summed E-state index contributed by atoms with van der Waals surface area (Å²) in [5, 5.41) is 10.2. The van der Waals surface area contributed by atoms with Crippen molar-refractivity contribution in [3.05, 3.63) is 11.8 Å². The Bertz CT molecular complexity index is 370. The van der Waals surface area contributed by atoms with Crippen molar-refractivity contribution in [3.63, 3.8) is 0 Å². The summed E-state index contributed by atoms with van der Waals surface area (Å²) in [5.74, 6) is 0.684. The number of methoxy groups -OCH3 is 1. The van der Waals surface area contributed by atoms with Crippen molar-refractivity contribution in [2.24, 2.45) is 7.05 Å². The molecule has 0 aromatic carbocycles. The predicted molar refractivity (Wildman–Crippen MR) is 70.5 cm³/mol. The first-order valence-electron chi connectivity index (χ1n) is 6.08. The van der Waals surface area contributed by atoms with Crippen LogP contribution < -0.4 is 10.6 Å². The Morgan fingerprint density at radius 2 is 2.33 bits per heavy atom. The van der Waals surface area contributed by atoms with Gasteiger partial charge in [-0.3, -0.25) is 9.48 Å². The second kappa shape index (κ2) is 7.00. The largest absolute Gasteiger partial charge is 0.385 e. The van der Waals surface area contributed by atoms with Crippen LogP contribution in [0.3, 0.4) is 0 Å². The molecule has 6 nitrogen and oxygen atoms in total. The van der Waals surface area contributed by atoms with Gasteiger partial charge in [-0.15, -0.1) is 0 Å². The zero-order valence-electron chi connectivity index (χ0n) is 11.5. The minimum absolute atomic E-state index is 0.0330. The first-order chi connectivity index (χ1) is 8.54. The highest BCUT2D eigenvalue weighted by Crippen LogP contribution is 2.08. The molecule has 6 heteroatoms. The van der Waals surface area contributed by atoms with Gasteiger partial charge in [0.1, 0.15) is 11.9 Å². The van der Waals surface area contributed by atoms with Gasteiger partial charge in [-0.2, -0.15) is 5.10 Å². The normalized spacial score (nSPS) is 12.2. The lowest BCUT2D eigenvalue weighted by atomic mass is 10.3. The average molecular weight is 254 g/mol. The Morgan fingerprint density at radius 3 is 2.89 bits per heavy atom. The third-order valence-electron chi connectivity index (χ3n) is 2.70. The van der Waals surface area contributed by atoms with Crippen molar-refractivity contribution in [1.29, 1.82) is 0 Å². The zero-order chi connectivity index (χ0) is 13.5. The summed E-state index contributed by atoms with van der Waals surface area (Å²) in [4.78, 5) is 11.8. The molecular weight excluding hydrogens is 232 g/mol. The second-order valence-corrected chi connectivity index (χ2v) is 4.30. The van der Waals surface area contributed by atoms with E-state index in [2.05, 4.69) is 15.7 Å². The van der Waals surface area contributed by atoms with Crippen LogP contribution in [0.4, 0.5) is 5.82 Å². The van der Waals surface area contributed by atoms with Crippen LogP contribution in [0.5, 0.6) is 0 Å². The van der Waals surface area contributed by atoms with Crippen molar-refractivity contribution in [3.8, 4) is 0 Å². The fourth-order valence-corrected chi connectivity index (χ4v) is 1.50. The van der Waals surface area contributed by atoms with Crippen LogP contribution >= 0.6 is 0 Å². The summed E-state index contributed by atoms with van der Waals surface area (Å²) in [7, 11) is 3.52. The molecule has 0 saturated heterocycles. The molecule has 0 aliphatic carbocycles. The number of hydrogen-bond donors (Lipinski definition) is 2.